The number of nitrogens with two attached hydrogens (primary N) is 1. The fourth-order valence-corrected chi connectivity index (χ4v) is 3.05. The maximum atomic E-state index is 5.86. The van der Waals surface area contributed by atoms with E-state index in [4.69, 9.17) is 5.73 Å². The van der Waals surface area contributed by atoms with E-state index in [0.717, 1.165) is 12.5 Å². The van der Waals surface area contributed by atoms with Gasteiger partial charge in [-0.2, -0.15) is 0 Å². The summed E-state index contributed by atoms with van der Waals surface area (Å²) in [6.07, 6.45) is 3.81. The average molecular weight is 246 g/mol. The lowest BCUT2D eigenvalue weighted by atomic mass is 9.98. The molecule has 1 aliphatic rings. The molecular weight excluding hydrogens is 220 g/mol. The summed E-state index contributed by atoms with van der Waals surface area (Å²) in [7, 11) is 0. The Morgan fingerprint density at radius 1 is 1.33 bits per heavy atom. The Bertz CT molecular complexity index is 336. The summed E-state index contributed by atoms with van der Waals surface area (Å²) in [6.45, 7) is 6.72. The second-order valence-electron chi connectivity index (χ2n) is 5.55. The van der Waals surface area contributed by atoms with Crippen molar-refractivity contribution in [1.29, 1.82) is 0 Å². The van der Waals surface area contributed by atoms with Crippen molar-refractivity contribution in [3.05, 3.63) is 35.9 Å². The maximum absolute atomic E-state index is 5.86. The molecule has 2 unspecified atom stereocenters. The summed E-state index contributed by atoms with van der Waals surface area (Å²) < 4.78 is 0. The number of hydrogen-bond acceptors (Lipinski definition) is 2. The van der Waals surface area contributed by atoms with Gasteiger partial charge in [-0.15, -0.1) is 0 Å². The number of nitrogens with zero attached hydrogens (tertiary/aromatic N) is 1. The van der Waals surface area contributed by atoms with Crippen LogP contribution in [0.25, 0.3) is 0 Å². The van der Waals surface area contributed by atoms with Crippen molar-refractivity contribution >= 4 is 0 Å². The molecule has 0 spiro atoms. The zero-order valence-electron chi connectivity index (χ0n) is 11.5. The van der Waals surface area contributed by atoms with E-state index in [9.17, 15) is 0 Å². The maximum Gasteiger partial charge on any atom is 0.00509 e. The molecule has 1 saturated heterocycles. The van der Waals surface area contributed by atoms with Gasteiger partial charge in [0.2, 0.25) is 0 Å². The van der Waals surface area contributed by atoms with Crippen LogP contribution in [0.15, 0.2) is 30.3 Å². The topological polar surface area (TPSA) is 29.3 Å². The van der Waals surface area contributed by atoms with Gasteiger partial charge in [0.25, 0.3) is 0 Å². The smallest absolute Gasteiger partial charge is 0.00509 e. The minimum Gasteiger partial charge on any atom is -0.330 e. The van der Waals surface area contributed by atoms with Crippen molar-refractivity contribution in [1.82, 2.24) is 4.90 Å². The molecule has 1 heterocycles. The molecule has 0 amide bonds. The Balaban J connectivity index is 1.85. The van der Waals surface area contributed by atoms with Crippen LogP contribution in [0.1, 0.15) is 37.7 Å². The summed E-state index contributed by atoms with van der Waals surface area (Å²) in [4.78, 5) is 2.60. The van der Waals surface area contributed by atoms with Gasteiger partial charge in [-0.05, 0) is 43.3 Å². The highest BCUT2D eigenvalue weighted by molar-refractivity contribution is 5.20. The Kier molecular flexibility index (Phi) is 5.21. The second kappa shape index (κ2) is 6.91. The molecule has 0 aromatic heterocycles. The number of benzene rings is 1. The molecule has 0 bridgehead atoms. The highest BCUT2D eigenvalue weighted by Gasteiger charge is 2.24. The summed E-state index contributed by atoms with van der Waals surface area (Å²) >= 11 is 0. The Morgan fingerprint density at radius 3 is 2.78 bits per heavy atom. The van der Waals surface area contributed by atoms with Crippen LogP contribution < -0.4 is 5.73 Å². The first kappa shape index (κ1) is 13.6. The van der Waals surface area contributed by atoms with Gasteiger partial charge in [0.15, 0.2) is 0 Å². The second-order valence-corrected chi connectivity index (χ2v) is 5.55. The number of hydrogen-bond donors (Lipinski definition) is 1. The summed E-state index contributed by atoms with van der Waals surface area (Å²) in [6, 6.07) is 10.9. The number of rotatable bonds is 6. The largest absolute Gasteiger partial charge is 0.330 e. The van der Waals surface area contributed by atoms with E-state index >= 15 is 0 Å². The van der Waals surface area contributed by atoms with Crippen molar-refractivity contribution < 1.29 is 0 Å². The van der Waals surface area contributed by atoms with Gasteiger partial charge in [0, 0.05) is 13.1 Å². The van der Waals surface area contributed by atoms with E-state index in [0.29, 0.717) is 5.92 Å². The molecular formula is C16H26N2. The Hall–Kier alpha value is -0.860. The summed E-state index contributed by atoms with van der Waals surface area (Å²) in [5.74, 6) is 1.41. The molecule has 100 valence electrons. The van der Waals surface area contributed by atoms with Gasteiger partial charge in [-0.25, -0.2) is 0 Å². The molecule has 2 rings (SSSR count). The third-order valence-corrected chi connectivity index (χ3v) is 4.09. The predicted octanol–water partition coefficient (Wildman–Crippen LogP) is 2.85. The lowest BCUT2D eigenvalue weighted by Crippen LogP contribution is -2.31. The van der Waals surface area contributed by atoms with Crippen LogP contribution in [0.4, 0.5) is 0 Å². The van der Waals surface area contributed by atoms with Crippen molar-refractivity contribution in [2.24, 2.45) is 11.7 Å². The highest BCUT2D eigenvalue weighted by Crippen LogP contribution is 2.27. The molecule has 1 aliphatic heterocycles. The Labute approximate surface area is 111 Å². The van der Waals surface area contributed by atoms with Crippen LogP contribution >= 0.6 is 0 Å². The molecule has 2 heteroatoms. The minimum atomic E-state index is 0.685. The van der Waals surface area contributed by atoms with Crippen LogP contribution in [0.5, 0.6) is 0 Å². The van der Waals surface area contributed by atoms with E-state index in [-0.39, 0.29) is 0 Å². The summed E-state index contributed by atoms with van der Waals surface area (Å²) in [5.41, 5.74) is 7.36. The van der Waals surface area contributed by atoms with Gasteiger partial charge in [-0.3, -0.25) is 0 Å². The van der Waals surface area contributed by atoms with E-state index in [1.54, 1.807) is 0 Å². The molecule has 1 fully saturated rings. The summed E-state index contributed by atoms with van der Waals surface area (Å²) in [5, 5.41) is 0. The lowest BCUT2D eigenvalue weighted by molar-refractivity contribution is 0.268. The van der Waals surface area contributed by atoms with Crippen molar-refractivity contribution in [3.8, 4) is 0 Å². The van der Waals surface area contributed by atoms with Crippen LogP contribution in [0, 0.1) is 5.92 Å². The predicted molar refractivity (Wildman–Crippen MR) is 77.7 cm³/mol. The molecule has 2 nitrogen and oxygen atoms in total. The Morgan fingerprint density at radius 2 is 2.11 bits per heavy atom. The first-order chi connectivity index (χ1) is 8.83. The van der Waals surface area contributed by atoms with Crippen LogP contribution in [-0.4, -0.2) is 31.1 Å². The van der Waals surface area contributed by atoms with E-state index in [1.807, 2.05) is 0 Å². The normalized spacial score (nSPS) is 22.2. The van der Waals surface area contributed by atoms with Gasteiger partial charge in [0.1, 0.15) is 0 Å². The average Bonchev–Trinajstić information content (AvgIpc) is 2.88. The fraction of sp³-hybridized carbons (Fsp3) is 0.625. The highest BCUT2D eigenvalue weighted by atomic mass is 15.1. The molecule has 0 aliphatic carbocycles. The first-order valence-corrected chi connectivity index (χ1v) is 7.30. The molecule has 18 heavy (non-hydrogen) atoms. The van der Waals surface area contributed by atoms with Gasteiger partial charge in [0.05, 0.1) is 0 Å². The van der Waals surface area contributed by atoms with E-state index in [1.165, 1.54) is 44.5 Å². The monoisotopic (exact) mass is 246 g/mol. The molecule has 0 saturated carbocycles. The SMILES string of the molecule is CCCC(CN)CN1CCC(c2ccccc2)C1. The van der Waals surface area contributed by atoms with E-state index < -0.39 is 0 Å². The fourth-order valence-electron chi connectivity index (χ4n) is 3.05. The molecule has 1 aromatic carbocycles. The van der Waals surface area contributed by atoms with Gasteiger partial charge >= 0.3 is 0 Å². The standard InChI is InChI=1S/C16H26N2/c1-2-6-14(11-17)12-18-10-9-16(13-18)15-7-4-3-5-8-15/h3-5,7-8,14,16H,2,6,9-13,17H2,1H3. The van der Waals surface area contributed by atoms with Crippen LogP contribution in [0.2, 0.25) is 0 Å². The number of likely N-dealkylation sites (tertiary alicyclic amines) is 1. The van der Waals surface area contributed by atoms with E-state index in [2.05, 4.69) is 42.2 Å². The molecule has 1 aromatic rings. The van der Waals surface area contributed by atoms with Gasteiger partial charge < -0.3 is 10.6 Å². The van der Waals surface area contributed by atoms with Gasteiger partial charge in [-0.1, -0.05) is 43.7 Å². The third kappa shape index (κ3) is 3.56. The minimum absolute atomic E-state index is 0.685. The van der Waals surface area contributed by atoms with Crippen molar-refractivity contribution in [2.75, 3.05) is 26.2 Å². The molecule has 2 atom stereocenters. The lowest BCUT2D eigenvalue weighted by Gasteiger charge is -2.22. The quantitative estimate of drug-likeness (QED) is 0.836. The molecule has 0 radical (unpaired) electrons. The van der Waals surface area contributed by atoms with Crippen LogP contribution in [0.3, 0.4) is 0 Å². The van der Waals surface area contributed by atoms with Crippen molar-refractivity contribution in [2.45, 2.75) is 32.1 Å². The first-order valence-electron chi connectivity index (χ1n) is 7.30. The third-order valence-electron chi connectivity index (χ3n) is 4.09. The van der Waals surface area contributed by atoms with Crippen molar-refractivity contribution in [3.63, 3.8) is 0 Å². The molecule has 2 N–H and O–H groups in total. The zero-order chi connectivity index (χ0) is 12.8. The van der Waals surface area contributed by atoms with Crippen LogP contribution in [-0.2, 0) is 0 Å². The zero-order valence-corrected chi connectivity index (χ0v) is 11.5.